The molecule has 1 aliphatic rings. The number of benzene rings is 1. The number of carboxylic acid groups (broad SMARTS) is 1. The molecule has 1 saturated carbocycles. The summed E-state index contributed by atoms with van der Waals surface area (Å²) in [6.45, 7) is 0. The molecule has 1 aliphatic carbocycles. The van der Waals surface area contributed by atoms with E-state index in [1.165, 1.54) is 6.42 Å². The maximum Gasteiger partial charge on any atom is 0.311 e. The lowest BCUT2D eigenvalue weighted by Crippen LogP contribution is -2.24. The molecule has 3 N–H and O–H groups in total. The molecule has 3 nitrogen and oxygen atoms in total. The Bertz CT molecular complexity index is 441. The number of nitrogens with two attached hydrogens (primary N) is 1. The molecule has 1 aromatic rings. The van der Waals surface area contributed by atoms with Gasteiger partial charge in [0.2, 0.25) is 0 Å². The minimum Gasteiger partial charge on any atom is -0.481 e. The second-order valence-corrected chi connectivity index (χ2v) is 5.90. The standard InChI is InChI=1S/C14H18BrNO2/c15-10-6-7-12(16)11(8-10)13(14(17)18)9-4-2-1-3-5-9/h6-9,13H,1-5,16H2,(H,17,18). The highest BCUT2D eigenvalue weighted by molar-refractivity contribution is 9.10. The Morgan fingerprint density at radius 3 is 2.61 bits per heavy atom. The summed E-state index contributed by atoms with van der Waals surface area (Å²) >= 11 is 3.39. The normalized spacial score (nSPS) is 18.5. The molecule has 1 unspecified atom stereocenters. The maximum absolute atomic E-state index is 11.6. The van der Waals surface area contributed by atoms with E-state index in [2.05, 4.69) is 15.9 Å². The molecule has 0 heterocycles. The number of carboxylic acids is 1. The summed E-state index contributed by atoms with van der Waals surface area (Å²) < 4.78 is 0.883. The van der Waals surface area contributed by atoms with E-state index in [1.807, 2.05) is 12.1 Å². The van der Waals surface area contributed by atoms with Crippen LogP contribution in [0.3, 0.4) is 0 Å². The van der Waals surface area contributed by atoms with Crippen LogP contribution < -0.4 is 5.73 Å². The number of carbonyl (C=O) groups is 1. The van der Waals surface area contributed by atoms with Gasteiger partial charge in [-0.2, -0.15) is 0 Å². The summed E-state index contributed by atoms with van der Waals surface area (Å²) in [5, 5.41) is 9.52. The molecule has 0 saturated heterocycles. The van der Waals surface area contributed by atoms with E-state index in [-0.39, 0.29) is 5.92 Å². The summed E-state index contributed by atoms with van der Waals surface area (Å²) in [4.78, 5) is 11.6. The fourth-order valence-corrected chi connectivity index (χ4v) is 3.25. The minimum atomic E-state index is -0.758. The van der Waals surface area contributed by atoms with Gasteiger partial charge in [-0.1, -0.05) is 35.2 Å². The Kier molecular flexibility index (Phi) is 4.27. The first-order chi connectivity index (χ1) is 8.59. The molecule has 0 bridgehead atoms. The van der Waals surface area contributed by atoms with E-state index in [4.69, 9.17) is 5.73 Å². The van der Waals surface area contributed by atoms with Crippen molar-refractivity contribution in [1.29, 1.82) is 0 Å². The Balaban J connectivity index is 2.34. The molecule has 4 heteroatoms. The molecule has 0 aromatic heterocycles. The number of nitrogen functional groups attached to an aromatic ring is 1. The Morgan fingerprint density at radius 2 is 2.00 bits per heavy atom. The van der Waals surface area contributed by atoms with Crippen molar-refractivity contribution in [3.63, 3.8) is 0 Å². The van der Waals surface area contributed by atoms with Gasteiger partial charge in [-0.3, -0.25) is 4.79 Å². The molecule has 2 rings (SSSR count). The molecule has 18 heavy (non-hydrogen) atoms. The van der Waals surface area contributed by atoms with E-state index in [0.29, 0.717) is 5.69 Å². The van der Waals surface area contributed by atoms with Gasteiger partial charge in [-0.25, -0.2) is 0 Å². The zero-order chi connectivity index (χ0) is 13.1. The predicted molar refractivity (Wildman–Crippen MR) is 75.5 cm³/mol. The van der Waals surface area contributed by atoms with Crippen molar-refractivity contribution in [1.82, 2.24) is 0 Å². The van der Waals surface area contributed by atoms with Crippen LogP contribution in [0.1, 0.15) is 43.6 Å². The molecule has 0 amide bonds. The fraction of sp³-hybridized carbons (Fsp3) is 0.500. The summed E-state index contributed by atoms with van der Waals surface area (Å²) in [5.74, 6) is -1.01. The Labute approximate surface area is 116 Å². The van der Waals surface area contributed by atoms with Gasteiger partial charge in [0.05, 0.1) is 5.92 Å². The third-order valence-corrected chi connectivity index (χ3v) is 4.26. The van der Waals surface area contributed by atoms with E-state index < -0.39 is 11.9 Å². The average molecular weight is 312 g/mol. The van der Waals surface area contributed by atoms with E-state index in [9.17, 15) is 9.90 Å². The van der Waals surface area contributed by atoms with Gasteiger partial charge in [0.1, 0.15) is 0 Å². The molecule has 1 atom stereocenters. The number of hydrogen-bond acceptors (Lipinski definition) is 2. The first kappa shape index (κ1) is 13.4. The predicted octanol–water partition coefficient (Wildman–Crippen LogP) is 3.78. The van der Waals surface area contributed by atoms with Crippen LogP contribution in [0.25, 0.3) is 0 Å². The molecular formula is C14H18BrNO2. The molecule has 0 radical (unpaired) electrons. The third-order valence-electron chi connectivity index (χ3n) is 3.77. The van der Waals surface area contributed by atoms with Crippen molar-refractivity contribution in [2.45, 2.75) is 38.0 Å². The van der Waals surface area contributed by atoms with Crippen molar-refractivity contribution in [2.75, 3.05) is 5.73 Å². The van der Waals surface area contributed by atoms with E-state index in [1.54, 1.807) is 6.07 Å². The zero-order valence-corrected chi connectivity index (χ0v) is 11.8. The van der Waals surface area contributed by atoms with E-state index >= 15 is 0 Å². The minimum absolute atomic E-state index is 0.216. The average Bonchev–Trinajstić information content (AvgIpc) is 2.35. The molecule has 98 valence electrons. The second kappa shape index (κ2) is 5.74. The van der Waals surface area contributed by atoms with Crippen LogP contribution in [0.5, 0.6) is 0 Å². The number of aliphatic carboxylic acids is 1. The second-order valence-electron chi connectivity index (χ2n) is 4.99. The van der Waals surface area contributed by atoms with Crippen molar-refractivity contribution < 1.29 is 9.90 Å². The SMILES string of the molecule is Nc1ccc(Br)cc1C(C(=O)O)C1CCCCC1. The highest BCUT2D eigenvalue weighted by atomic mass is 79.9. The van der Waals surface area contributed by atoms with Crippen molar-refractivity contribution in [2.24, 2.45) is 5.92 Å². The van der Waals surface area contributed by atoms with Crippen LogP contribution in [-0.2, 0) is 4.79 Å². The van der Waals surface area contributed by atoms with Gasteiger partial charge in [-0.15, -0.1) is 0 Å². The van der Waals surface area contributed by atoms with E-state index in [0.717, 1.165) is 35.7 Å². The number of anilines is 1. The summed E-state index contributed by atoms with van der Waals surface area (Å²) in [5.41, 5.74) is 7.28. The lowest BCUT2D eigenvalue weighted by molar-refractivity contribution is -0.140. The fourth-order valence-electron chi connectivity index (χ4n) is 2.87. The van der Waals surface area contributed by atoms with Gasteiger partial charge in [0, 0.05) is 10.2 Å². The van der Waals surface area contributed by atoms with Gasteiger partial charge in [-0.05, 0) is 42.5 Å². The smallest absolute Gasteiger partial charge is 0.311 e. The van der Waals surface area contributed by atoms with Gasteiger partial charge in [0.25, 0.3) is 0 Å². The van der Waals surface area contributed by atoms with Crippen molar-refractivity contribution in [3.05, 3.63) is 28.2 Å². The Morgan fingerprint density at radius 1 is 1.33 bits per heavy atom. The van der Waals surface area contributed by atoms with Crippen molar-refractivity contribution >= 4 is 27.6 Å². The topological polar surface area (TPSA) is 63.3 Å². The van der Waals surface area contributed by atoms with Crippen LogP contribution in [0.2, 0.25) is 0 Å². The van der Waals surface area contributed by atoms with Gasteiger partial charge in [0.15, 0.2) is 0 Å². The molecular weight excluding hydrogens is 294 g/mol. The summed E-state index contributed by atoms with van der Waals surface area (Å²) in [6.07, 6.45) is 5.45. The summed E-state index contributed by atoms with van der Waals surface area (Å²) in [7, 11) is 0. The van der Waals surface area contributed by atoms with Crippen LogP contribution in [0.4, 0.5) is 5.69 Å². The quantitative estimate of drug-likeness (QED) is 0.835. The lowest BCUT2D eigenvalue weighted by atomic mass is 9.76. The van der Waals surface area contributed by atoms with Crippen molar-refractivity contribution in [3.8, 4) is 0 Å². The third kappa shape index (κ3) is 2.86. The molecule has 0 spiro atoms. The lowest BCUT2D eigenvalue weighted by Gasteiger charge is -2.28. The van der Waals surface area contributed by atoms with Gasteiger partial charge >= 0.3 is 5.97 Å². The molecule has 1 aromatic carbocycles. The first-order valence-electron chi connectivity index (χ1n) is 6.37. The highest BCUT2D eigenvalue weighted by Crippen LogP contribution is 2.39. The number of halogens is 1. The Hall–Kier alpha value is -1.03. The first-order valence-corrected chi connectivity index (χ1v) is 7.16. The summed E-state index contributed by atoms with van der Waals surface area (Å²) in [6, 6.07) is 5.47. The highest BCUT2D eigenvalue weighted by Gasteiger charge is 2.32. The van der Waals surface area contributed by atoms with Crippen LogP contribution in [-0.4, -0.2) is 11.1 Å². The van der Waals surface area contributed by atoms with Crippen LogP contribution in [0.15, 0.2) is 22.7 Å². The molecule has 1 fully saturated rings. The number of rotatable bonds is 3. The zero-order valence-electron chi connectivity index (χ0n) is 10.2. The maximum atomic E-state index is 11.6. The van der Waals surface area contributed by atoms with Crippen LogP contribution in [0, 0.1) is 5.92 Å². The monoisotopic (exact) mass is 311 g/mol. The number of hydrogen-bond donors (Lipinski definition) is 2. The molecule has 0 aliphatic heterocycles. The van der Waals surface area contributed by atoms with Crippen LogP contribution >= 0.6 is 15.9 Å². The van der Waals surface area contributed by atoms with Gasteiger partial charge < -0.3 is 10.8 Å². The largest absolute Gasteiger partial charge is 0.481 e.